The third-order valence-corrected chi connectivity index (χ3v) is 5.40. The number of thiophene rings is 1. The molecule has 2 rings (SSSR count). The summed E-state index contributed by atoms with van der Waals surface area (Å²) in [6.07, 6.45) is 8.08. The predicted molar refractivity (Wildman–Crippen MR) is 90.2 cm³/mol. The molecule has 23 heavy (non-hydrogen) atoms. The maximum Gasteiger partial charge on any atom is 0.262 e. The van der Waals surface area contributed by atoms with Crippen LogP contribution in [0.1, 0.15) is 48.2 Å². The smallest absolute Gasteiger partial charge is 0.262 e. The molecule has 1 saturated carbocycles. The van der Waals surface area contributed by atoms with Crippen molar-refractivity contribution in [3.05, 3.63) is 21.3 Å². The van der Waals surface area contributed by atoms with Gasteiger partial charge in [0.15, 0.2) is 6.19 Å². The fourth-order valence-electron chi connectivity index (χ4n) is 2.93. The van der Waals surface area contributed by atoms with Crippen LogP contribution in [0.25, 0.3) is 0 Å². The zero-order chi connectivity index (χ0) is 16.8. The molecule has 0 radical (unpaired) electrons. The van der Waals surface area contributed by atoms with Crippen LogP contribution in [0.3, 0.4) is 0 Å². The number of hydrogen-bond donors (Lipinski definition) is 1. The molecule has 0 aliphatic heterocycles. The highest BCUT2D eigenvalue weighted by Crippen LogP contribution is 2.28. The van der Waals surface area contributed by atoms with Crippen molar-refractivity contribution >= 4 is 34.8 Å². The lowest BCUT2D eigenvalue weighted by Crippen LogP contribution is -2.47. The van der Waals surface area contributed by atoms with E-state index in [0.717, 1.165) is 30.6 Å². The Kier molecular flexibility index (Phi) is 6.43. The monoisotopic (exact) mass is 353 g/mol. The van der Waals surface area contributed by atoms with Crippen LogP contribution in [0.4, 0.5) is 0 Å². The average Bonchev–Trinajstić information content (AvgIpc) is 3.00. The third kappa shape index (κ3) is 4.95. The molecule has 2 amide bonds. The number of rotatable bonds is 5. The first-order valence-electron chi connectivity index (χ1n) is 7.74. The molecule has 0 aromatic carbocycles. The van der Waals surface area contributed by atoms with Gasteiger partial charge in [0.25, 0.3) is 11.8 Å². The molecule has 1 aliphatic rings. The van der Waals surface area contributed by atoms with Crippen molar-refractivity contribution in [1.29, 1.82) is 5.26 Å². The highest BCUT2D eigenvalue weighted by Gasteiger charge is 2.28. The van der Waals surface area contributed by atoms with E-state index in [1.54, 1.807) is 12.1 Å². The van der Waals surface area contributed by atoms with Crippen molar-refractivity contribution < 1.29 is 9.59 Å². The molecule has 1 N–H and O–H groups in total. The van der Waals surface area contributed by atoms with Crippen LogP contribution in [-0.4, -0.2) is 29.8 Å². The van der Waals surface area contributed by atoms with E-state index in [9.17, 15) is 9.59 Å². The topological polar surface area (TPSA) is 73.2 Å². The summed E-state index contributed by atoms with van der Waals surface area (Å²) in [4.78, 5) is 26.1. The number of carbonyl (C=O) groups excluding carboxylic acids is 2. The zero-order valence-electron chi connectivity index (χ0n) is 13.0. The Balaban J connectivity index is 2.07. The van der Waals surface area contributed by atoms with Crippen LogP contribution in [0.2, 0.25) is 4.34 Å². The summed E-state index contributed by atoms with van der Waals surface area (Å²) in [7, 11) is 1.42. The largest absolute Gasteiger partial charge is 0.339 e. The maximum absolute atomic E-state index is 12.4. The molecule has 1 aromatic rings. The molecular formula is C16H20ClN3O2S. The summed E-state index contributed by atoms with van der Waals surface area (Å²) < 4.78 is 0.527. The molecule has 1 atom stereocenters. The molecule has 1 fully saturated rings. The van der Waals surface area contributed by atoms with Crippen LogP contribution in [-0.2, 0) is 4.79 Å². The number of nitrogens with one attached hydrogen (secondary N) is 1. The quantitative estimate of drug-likeness (QED) is 0.651. The predicted octanol–water partition coefficient (Wildman–Crippen LogP) is 3.41. The highest BCUT2D eigenvalue weighted by molar-refractivity contribution is 7.18. The van der Waals surface area contributed by atoms with Gasteiger partial charge >= 0.3 is 0 Å². The van der Waals surface area contributed by atoms with Gasteiger partial charge in [0.2, 0.25) is 0 Å². The van der Waals surface area contributed by atoms with Gasteiger partial charge in [-0.15, -0.1) is 11.3 Å². The zero-order valence-corrected chi connectivity index (χ0v) is 14.6. The number of nitriles is 1. The number of halogens is 1. The van der Waals surface area contributed by atoms with E-state index in [1.807, 2.05) is 6.19 Å². The van der Waals surface area contributed by atoms with E-state index in [1.165, 1.54) is 24.8 Å². The molecule has 1 aliphatic carbocycles. The Labute approximate surface area is 145 Å². The minimum Gasteiger partial charge on any atom is -0.339 e. The molecule has 0 saturated heterocycles. The lowest BCUT2D eigenvalue weighted by atomic mass is 9.84. The molecule has 124 valence electrons. The lowest BCUT2D eigenvalue weighted by Gasteiger charge is -2.27. The van der Waals surface area contributed by atoms with Crippen molar-refractivity contribution in [3.8, 4) is 6.19 Å². The summed E-state index contributed by atoms with van der Waals surface area (Å²) in [5.41, 5.74) is 0. The molecule has 1 aromatic heterocycles. The Morgan fingerprint density at radius 1 is 1.43 bits per heavy atom. The molecule has 1 heterocycles. The second-order valence-corrected chi connectivity index (χ2v) is 7.58. The van der Waals surface area contributed by atoms with E-state index in [-0.39, 0.29) is 11.8 Å². The fraction of sp³-hybridized carbons (Fsp3) is 0.562. The summed E-state index contributed by atoms with van der Waals surface area (Å²) in [5.74, 6) is -0.270. The number of amides is 2. The summed E-state index contributed by atoms with van der Waals surface area (Å²) in [6.45, 7) is 0. The maximum atomic E-state index is 12.4. The molecule has 0 bridgehead atoms. The van der Waals surface area contributed by atoms with E-state index >= 15 is 0 Å². The molecule has 5 nitrogen and oxygen atoms in total. The van der Waals surface area contributed by atoms with Crippen LogP contribution >= 0.6 is 22.9 Å². The minimum absolute atomic E-state index is 0.317. The van der Waals surface area contributed by atoms with Crippen molar-refractivity contribution in [2.75, 3.05) is 7.05 Å². The normalized spacial score (nSPS) is 16.4. The standard InChI is InChI=1S/C16H20ClN3O2S/c1-20(10-18)16(22)12(9-11-5-3-2-4-6-11)19-15(21)13-7-8-14(17)23-13/h7-8,11-12H,2-6,9H2,1H3,(H,19,21)/t12-/m0/s1. The first-order valence-corrected chi connectivity index (χ1v) is 8.94. The van der Waals surface area contributed by atoms with Crippen LogP contribution in [0, 0.1) is 17.4 Å². The van der Waals surface area contributed by atoms with Gasteiger partial charge in [-0.25, -0.2) is 0 Å². The highest BCUT2D eigenvalue weighted by atomic mass is 35.5. The van der Waals surface area contributed by atoms with Crippen molar-refractivity contribution in [1.82, 2.24) is 10.2 Å². The second kappa shape index (κ2) is 8.32. The van der Waals surface area contributed by atoms with Crippen molar-refractivity contribution in [2.45, 2.75) is 44.6 Å². The molecular weight excluding hydrogens is 334 g/mol. The van der Waals surface area contributed by atoms with Crippen molar-refractivity contribution in [3.63, 3.8) is 0 Å². The number of hydrogen-bond acceptors (Lipinski definition) is 4. The van der Waals surface area contributed by atoms with E-state index in [4.69, 9.17) is 16.9 Å². The Morgan fingerprint density at radius 2 is 2.13 bits per heavy atom. The second-order valence-electron chi connectivity index (χ2n) is 5.87. The SMILES string of the molecule is CN(C#N)C(=O)[C@H](CC1CCCCC1)NC(=O)c1ccc(Cl)s1. The molecule has 7 heteroatoms. The van der Waals surface area contributed by atoms with Gasteiger partial charge in [-0.1, -0.05) is 43.7 Å². The molecule has 0 unspecified atom stereocenters. The van der Waals surface area contributed by atoms with Crippen molar-refractivity contribution in [2.24, 2.45) is 5.92 Å². The Bertz CT molecular complexity index is 605. The Morgan fingerprint density at radius 3 is 2.70 bits per heavy atom. The Hall–Kier alpha value is -1.58. The van der Waals surface area contributed by atoms with Gasteiger partial charge in [-0.05, 0) is 24.5 Å². The first kappa shape index (κ1) is 17.8. The number of likely N-dealkylation sites (N-methyl/N-ethyl adjacent to an activating group) is 1. The summed E-state index contributed by atoms with van der Waals surface area (Å²) in [5, 5.41) is 11.7. The van der Waals surface area contributed by atoms with Gasteiger partial charge in [0, 0.05) is 7.05 Å². The lowest BCUT2D eigenvalue weighted by molar-refractivity contribution is -0.129. The van der Waals surface area contributed by atoms with Crippen LogP contribution < -0.4 is 5.32 Å². The van der Waals surface area contributed by atoms with E-state index < -0.39 is 6.04 Å². The van der Waals surface area contributed by atoms with Gasteiger partial charge < -0.3 is 5.32 Å². The van der Waals surface area contributed by atoms with Crippen LogP contribution in [0.15, 0.2) is 12.1 Å². The van der Waals surface area contributed by atoms with E-state index in [0.29, 0.717) is 21.6 Å². The van der Waals surface area contributed by atoms with Gasteiger partial charge in [-0.3, -0.25) is 14.5 Å². The minimum atomic E-state index is -0.670. The average molecular weight is 354 g/mol. The van der Waals surface area contributed by atoms with Gasteiger partial charge in [-0.2, -0.15) is 5.26 Å². The molecule has 0 spiro atoms. The van der Waals surface area contributed by atoms with Crippen LogP contribution in [0.5, 0.6) is 0 Å². The van der Waals surface area contributed by atoms with Gasteiger partial charge in [0.05, 0.1) is 9.21 Å². The van der Waals surface area contributed by atoms with Gasteiger partial charge in [0.1, 0.15) is 6.04 Å². The third-order valence-electron chi connectivity index (χ3n) is 4.17. The first-order chi connectivity index (χ1) is 11.0. The fourth-order valence-corrected chi connectivity index (χ4v) is 3.87. The summed E-state index contributed by atoms with van der Waals surface area (Å²) in [6, 6.07) is 2.62. The summed E-state index contributed by atoms with van der Waals surface area (Å²) >= 11 is 7.03. The number of nitrogens with zero attached hydrogens (tertiary/aromatic N) is 2. The van der Waals surface area contributed by atoms with E-state index in [2.05, 4.69) is 5.32 Å². The number of carbonyl (C=O) groups is 2.